The lowest BCUT2D eigenvalue weighted by atomic mass is 9.92. The van der Waals surface area contributed by atoms with Gasteiger partial charge in [0.25, 0.3) is 5.91 Å². The first-order valence-electron chi connectivity index (χ1n) is 23.2. The smallest absolute Gasteiger partial charge is 0.305 e. The minimum Gasteiger partial charge on any atom is -0.481 e. The maximum absolute atomic E-state index is 13.2. The van der Waals surface area contributed by atoms with E-state index in [-0.39, 0.29) is 24.8 Å². The van der Waals surface area contributed by atoms with Crippen LogP contribution in [0.2, 0.25) is 0 Å². The highest BCUT2D eigenvalue weighted by Gasteiger charge is 2.25. The lowest BCUT2D eigenvalue weighted by molar-refractivity contribution is -0.180. The van der Waals surface area contributed by atoms with Crippen molar-refractivity contribution in [3.8, 4) is 0 Å². The molecule has 1 saturated heterocycles. The van der Waals surface area contributed by atoms with E-state index in [9.17, 15) is 14.4 Å². The Bertz CT molecular complexity index is 1490. The van der Waals surface area contributed by atoms with Gasteiger partial charge in [-0.3, -0.25) is 19.2 Å². The first-order chi connectivity index (χ1) is 31.8. The number of carbonyl (C=O) groups excluding carboxylic acids is 2. The number of ether oxygens (including phenoxy) is 10. The molecule has 0 unspecified atom stereocenters. The van der Waals surface area contributed by atoms with Crippen molar-refractivity contribution in [2.75, 3.05) is 158 Å². The Kier molecular flexibility index (Phi) is 31.9. The number of carboxylic acid groups (broad SMARTS) is 1. The van der Waals surface area contributed by atoms with Crippen LogP contribution in [0.4, 0.5) is 5.69 Å². The SMILES string of the molecule is CCCN(OCC)C(=O)C1=Cc2sc(CCC3CCN(C(=O)CCOCCOCCOCCOCCOCCOCCOCCOCCOCCOCCC(=O)O)CC3)cc2N=C(N)C1. The Morgan fingerprint density at radius 2 is 1.15 bits per heavy atom. The maximum Gasteiger partial charge on any atom is 0.305 e. The Labute approximate surface area is 389 Å². The molecule has 3 rings (SSSR count). The Morgan fingerprint density at radius 1 is 0.708 bits per heavy atom. The molecule has 3 heterocycles. The van der Waals surface area contributed by atoms with Gasteiger partial charge in [-0.05, 0) is 57.1 Å². The van der Waals surface area contributed by atoms with Crippen molar-refractivity contribution in [3.05, 3.63) is 21.4 Å². The number of likely N-dealkylation sites (tertiary alicyclic amines) is 1. The van der Waals surface area contributed by atoms with Gasteiger partial charge in [-0.2, -0.15) is 0 Å². The molecule has 20 heteroatoms. The molecule has 0 saturated carbocycles. The van der Waals surface area contributed by atoms with E-state index < -0.39 is 5.97 Å². The third kappa shape index (κ3) is 26.7. The number of amides is 2. The molecular weight excluding hydrogens is 869 g/mol. The molecule has 3 N–H and O–H groups in total. The minimum absolute atomic E-state index is 0.00991. The molecule has 0 aliphatic carbocycles. The van der Waals surface area contributed by atoms with E-state index in [1.807, 2.05) is 24.8 Å². The lowest BCUT2D eigenvalue weighted by Gasteiger charge is -2.32. The van der Waals surface area contributed by atoms with Crippen LogP contribution in [-0.2, 0) is 73.0 Å². The molecule has 0 atom stereocenters. The van der Waals surface area contributed by atoms with Crippen LogP contribution in [0.3, 0.4) is 0 Å². The van der Waals surface area contributed by atoms with Gasteiger partial charge in [0.2, 0.25) is 5.91 Å². The first kappa shape index (κ1) is 56.2. The van der Waals surface area contributed by atoms with Crippen molar-refractivity contribution in [2.45, 2.75) is 65.2 Å². The van der Waals surface area contributed by atoms with Crippen molar-refractivity contribution in [3.63, 3.8) is 0 Å². The summed E-state index contributed by atoms with van der Waals surface area (Å²) in [6.45, 7) is 15.0. The second kappa shape index (κ2) is 36.9. The summed E-state index contributed by atoms with van der Waals surface area (Å²) in [7, 11) is 0. The number of aliphatic imine (C=N–C) groups is 1. The number of thiophene rings is 1. The molecule has 0 spiro atoms. The third-order valence-electron chi connectivity index (χ3n) is 9.98. The topological polar surface area (TPSA) is 218 Å². The number of nitrogens with two attached hydrogens (primary N) is 1. The number of aryl methyl sites for hydroxylation is 1. The highest BCUT2D eigenvalue weighted by atomic mass is 32.1. The van der Waals surface area contributed by atoms with E-state index in [1.165, 1.54) is 9.94 Å². The maximum atomic E-state index is 13.2. The fourth-order valence-corrected chi connectivity index (χ4v) is 7.70. The highest BCUT2D eigenvalue weighted by molar-refractivity contribution is 7.13. The molecule has 2 aliphatic rings. The van der Waals surface area contributed by atoms with Crippen LogP contribution in [0.1, 0.15) is 68.5 Å². The summed E-state index contributed by atoms with van der Waals surface area (Å²) in [5.74, 6) is 0.0624. The summed E-state index contributed by atoms with van der Waals surface area (Å²) < 4.78 is 54.6. The lowest BCUT2D eigenvalue weighted by Crippen LogP contribution is -2.39. The van der Waals surface area contributed by atoms with E-state index >= 15 is 0 Å². The van der Waals surface area contributed by atoms with Gasteiger partial charge in [0, 0.05) is 36.5 Å². The number of rotatable bonds is 41. The summed E-state index contributed by atoms with van der Waals surface area (Å²) in [5.41, 5.74) is 7.63. The zero-order chi connectivity index (χ0) is 46.6. The Morgan fingerprint density at radius 3 is 1.58 bits per heavy atom. The third-order valence-corrected chi connectivity index (χ3v) is 11.1. The number of carboxylic acids is 1. The largest absolute Gasteiger partial charge is 0.481 e. The van der Waals surface area contributed by atoms with Gasteiger partial charge >= 0.3 is 5.97 Å². The molecule has 65 heavy (non-hydrogen) atoms. The van der Waals surface area contributed by atoms with Crippen LogP contribution in [-0.4, -0.2) is 197 Å². The number of hydrogen-bond donors (Lipinski definition) is 2. The molecule has 0 radical (unpaired) electrons. The average Bonchev–Trinajstić information content (AvgIpc) is 3.60. The molecule has 2 amide bonds. The average molecular weight is 945 g/mol. The Hall–Kier alpha value is -3.12. The van der Waals surface area contributed by atoms with E-state index in [0.717, 1.165) is 55.8 Å². The quantitative estimate of drug-likeness (QED) is 0.0703. The number of amidine groups is 1. The number of aliphatic carboxylic acids is 1. The number of hydroxylamine groups is 2. The second-order valence-corrected chi connectivity index (χ2v) is 16.3. The van der Waals surface area contributed by atoms with Crippen molar-refractivity contribution >= 4 is 46.7 Å². The van der Waals surface area contributed by atoms with E-state index in [4.69, 9.17) is 63.0 Å². The second-order valence-electron chi connectivity index (χ2n) is 15.1. The molecule has 1 aromatic rings. The van der Waals surface area contributed by atoms with Crippen LogP contribution >= 0.6 is 11.3 Å². The summed E-state index contributed by atoms with van der Waals surface area (Å²) in [5, 5.41) is 9.95. The molecule has 2 aliphatic heterocycles. The van der Waals surface area contributed by atoms with Crippen LogP contribution in [0.5, 0.6) is 0 Å². The molecule has 0 bridgehead atoms. The van der Waals surface area contributed by atoms with Gasteiger partial charge in [0.1, 0.15) is 5.84 Å². The van der Waals surface area contributed by atoms with E-state index in [1.54, 1.807) is 11.3 Å². The van der Waals surface area contributed by atoms with Crippen molar-refractivity contribution in [1.82, 2.24) is 9.96 Å². The van der Waals surface area contributed by atoms with Gasteiger partial charge < -0.3 is 63.1 Å². The molecular formula is C45H76N4O15S. The van der Waals surface area contributed by atoms with Gasteiger partial charge in [-0.25, -0.2) is 10.1 Å². The van der Waals surface area contributed by atoms with Crippen LogP contribution in [0.15, 0.2) is 16.6 Å². The van der Waals surface area contributed by atoms with Gasteiger partial charge in [0.15, 0.2) is 0 Å². The molecule has 0 aromatic carbocycles. The fraction of sp³-hybridized carbons (Fsp3) is 0.778. The van der Waals surface area contributed by atoms with E-state index in [2.05, 4.69) is 11.1 Å². The number of hydrogen-bond acceptors (Lipinski definition) is 17. The van der Waals surface area contributed by atoms with E-state index in [0.29, 0.717) is 169 Å². The monoisotopic (exact) mass is 945 g/mol. The van der Waals surface area contributed by atoms with Crippen molar-refractivity contribution in [1.29, 1.82) is 0 Å². The predicted octanol–water partition coefficient (Wildman–Crippen LogP) is 3.92. The first-order valence-corrected chi connectivity index (χ1v) is 24.0. The molecule has 19 nitrogen and oxygen atoms in total. The highest BCUT2D eigenvalue weighted by Crippen LogP contribution is 2.36. The normalized spacial score (nSPS) is 14.3. The molecule has 372 valence electrons. The predicted molar refractivity (Wildman–Crippen MR) is 245 cm³/mol. The van der Waals surface area contributed by atoms with Gasteiger partial charge in [-0.15, -0.1) is 11.3 Å². The zero-order valence-electron chi connectivity index (χ0n) is 38.8. The summed E-state index contributed by atoms with van der Waals surface area (Å²) in [6, 6.07) is 2.09. The zero-order valence-corrected chi connectivity index (χ0v) is 39.7. The minimum atomic E-state index is -0.880. The number of piperidine rings is 1. The van der Waals surface area contributed by atoms with Gasteiger partial charge in [-0.1, -0.05) is 6.92 Å². The van der Waals surface area contributed by atoms with Crippen molar-refractivity contribution in [2.24, 2.45) is 16.6 Å². The number of fused-ring (bicyclic) bond motifs is 1. The Balaban J connectivity index is 1.04. The number of carbonyl (C=O) groups is 3. The fourth-order valence-electron chi connectivity index (χ4n) is 6.62. The standard InChI is InChI=1S/C45H76N4O15S/c1-3-11-49(64-4-2)45(53)38-34-41-40(47-42(46)35-38)36-39(65-41)6-5-37-7-12-48(13-8-37)43(50)9-14-54-16-18-56-20-22-58-24-26-60-28-30-62-32-33-63-31-29-61-27-25-59-23-21-57-19-17-55-15-10-44(51)52/h34,36-37H,3-33,35H2,1-2H3,(H2,46,47)(H,51,52). The summed E-state index contributed by atoms with van der Waals surface area (Å²) >= 11 is 1.67. The van der Waals surface area contributed by atoms with Crippen LogP contribution in [0.25, 0.3) is 6.08 Å². The van der Waals surface area contributed by atoms with Crippen molar-refractivity contribution < 1.29 is 71.7 Å². The molecule has 1 fully saturated rings. The van der Waals surface area contributed by atoms with Gasteiger partial charge in [0.05, 0.1) is 162 Å². The number of nitrogens with zero attached hydrogens (tertiary/aromatic N) is 3. The summed E-state index contributed by atoms with van der Waals surface area (Å²) in [6.07, 6.45) is 7.30. The van der Waals surface area contributed by atoms with Crippen LogP contribution in [0, 0.1) is 5.92 Å². The summed E-state index contributed by atoms with van der Waals surface area (Å²) in [4.78, 5) is 50.7. The molecule has 1 aromatic heterocycles. The van der Waals surface area contributed by atoms with Crippen LogP contribution < -0.4 is 5.73 Å².